The molecular weight excluding hydrogens is 278 g/mol. The molecular formula is C15H10ClNO3. The molecule has 0 aromatic heterocycles. The molecule has 0 aliphatic rings. The van der Waals surface area contributed by atoms with Gasteiger partial charge in [0.25, 0.3) is 0 Å². The Bertz CT molecular complexity index is 647. The molecule has 0 bridgehead atoms. The van der Waals surface area contributed by atoms with Crippen LogP contribution >= 0.6 is 11.6 Å². The average Bonchev–Trinajstić information content (AvgIpc) is 2.47. The third kappa shape index (κ3) is 3.74. The lowest BCUT2D eigenvalue weighted by atomic mass is 10.2. The second-order valence-electron chi connectivity index (χ2n) is 3.83. The Balaban J connectivity index is 1.89. The van der Waals surface area contributed by atoms with E-state index in [1.54, 1.807) is 48.5 Å². The maximum atomic E-state index is 11.6. The van der Waals surface area contributed by atoms with Gasteiger partial charge in [0.2, 0.25) is 0 Å². The number of para-hydroxylation sites is 1. The SMILES string of the molecule is N#Cc1ccc(OC(=O)COc2ccccc2Cl)cc1. The van der Waals surface area contributed by atoms with E-state index in [-0.39, 0.29) is 6.61 Å². The van der Waals surface area contributed by atoms with Crippen LogP contribution in [0.5, 0.6) is 11.5 Å². The van der Waals surface area contributed by atoms with Crippen molar-refractivity contribution in [1.82, 2.24) is 0 Å². The van der Waals surface area contributed by atoms with Crippen LogP contribution < -0.4 is 9.47 Å². The molecule has 4 nitrogen and oxygen atoms in total. The highest BCUT2D eigenvalue weighted by molar-refractivity contribution is 6.32. The maximum absolute atomic E-state index is 11.6. The number of rotatable bonds is 4. The lowest BCUT2D eigenvalue weighted by Crippen LogP contribution is -2.17. The molecule has 0 amide bonds. The van der Waals surface area contributed by atoms with E-state index < -0.39 is 5.97 Å². The van der Waals surface area contributed by atoms with Crippen LogP contribution in [0.25, 0.3) is 0 Å². The Morgan fingerprint density at radius 2 is 1.85 bits per heavy atom. The monoisotopic (exact) mass is 287 g/mol. The number of carbonyl (C=O) groups excluding carboxylic acids is 1. The summed E-state index contributed by atoms with van der Waals surface area (Å²) in [4.78, 5) is 11.6. The summed E-state index contributed by atoms with van der Waals surface area (Å²) >= 11 is 5.89. The number of halogens is 1. The van der Waals surface area contributed by atoms with Crippen LogP contribution in [-0.4, -0.2) is 12.6 Å². The van der Waals surface area contributed by atoms with Gasteiger partial charge < -0.3 is 9.47 Å². The molecule has 0 saturated carbocycles. The fourth-order valence-corrected chi connectivity index (χ4v) is 1.65. The summed E-state index contributed by atoms with van der Waals surface area (Å²) in [6.45, 7) is -0.246. The fraction of sp³-hybridized carbons (Fsp3) is 0.0667. The van der Waals surface area contributed by atoms with Crippen molar-refractivity contribution in [2.45, 2.75) is 0 Å². The predicted octanol–water partition coefficient (Wildman–Crippen LogP) is 3.20. The molecule has 0 saturated heterocycles. The van der Waals surface area contributed by atoms with Gasteiger partial charge in [0.1, 0.15) is 11.5 Å². The van der Waals surface area contributed by atoms with E-state index in [0.717, 1.165) is 0 Å². The first-order valence-corrected chi connectivity index (χ1v) is 6.15. The zero-order valence-electron chi connectivity index (χ0n) is 10.4. The number of ether oxygens (including phenoxy) is 2. The first-order valence-electron chi connectivity index (χ1n) is 5.77. The van der Waals surface area contributed by atoms with Crippen LogP contribution in [0, 0.1) is 11.3 Å². The molecule has 0 spiro atoms. The van der Waals surface area contributed by atoms with Gasteiger partial charge in [0, 0.05) is 0 Å². The molecule has 100 valence electrons. The van der Waals surface area contributed by atoms with Crippen LogP contribution in [0.4, 0.5) is 0 Å². The van der Waals surface area contributed by atoms with Crippen molar-refractivity contribution in [1.29, 1.82) is 5.26 Å². The number of esters is 1. The molecule has 5 heteroatoms. The predicted molar refractivity (Wildman–Crippen MR) is 73.7 cm³/mol. The van der Waals surface area contributed by atoms with E-state index >= 15 is 0 Å². The minimum atomic E-state index is -0.547. The Hall–Kier alpha value is -2.51. The van der Waals surface area contributed by atoms with Gasteiger partial charge in [-0.15, -0.1) is 0 Å². The van der Waals surface area contributed by atoms with E-state index in [9.17, 15) is 4.79 Å². The highest BCUT2D eigenvalue weighted by Crippen LogP contribution is 2.23. The topological polar surface area (TPSA) is 59.3 Å². The molecule has 0 radical (unpaired) electrons. The maximum Gasteiger partial charge on any atom is 0.349 e. The molecule has 0 atom stereocenters. The molecule has 2 rings (SSSR count). The van der Waals surface area contributed by atoms with E-state index in [1.165, 1.54) is 0 Å². The molecule has 0 aliphatic carbocycles. The summed E-state index contributed by atoms with van der Waals surface area (Å²) in [7, 11) is 0. The normalized spacial score (nSPS) is 9.60. The minimum absolute atomic E-state index is 0.246. The summed E-state index contributed by atoms with van der Waals surface area (Å²) in [6, 6.07) is 15.1. The Labute approximate surface area is 121 Å². The van der Waals surface area contributed by atoms with Gasteiger partial charge in [-0.2, -0.15) is 5.26 Å². The highest BCUT2D eigenvalue weighted by atomic mass is 35.5. The van der Waals surface area contributed by atoms with Crippen molar-refractivity contribution in [2.24, 2.45) is 0 Å². The van der Waals surface area contributed by atoms with Crippen molar-refractivity contribution in [2.75, 3.05) is 6.61 Å². The van der Waals surface area contributed by atoms with E-state index in [2.05, 4.69) is 0 Å². The second kappa shape index (κ2) is 6.60. The van der Waals surface area contributed by atoms with Crippen LogP contribution in [-0.2, 0) is 4.79 Å². The standard InChI is InChI=1S/C15H10ClNO3/c16-13-3-1-2-4-14(13)19-10-15(18)20-12-7-5-11(9-17)6-8-12/h1-8H,10H2. The van der Waals surface area contributed by atoms with Gasteiger partial charge in [-0.3, -0.25) is 0 Å². The summed E-state index contributed by atoms with van der Waals surface area (Å²) in [5, 5.41) is 9.09. The van der Waals surface area contributed by atoms with Crippen molar-refractivity contribution in [3.8, 4) is 17.6 Å². The van der Waals surface area contributed by atoms with E-state index in [1.807, 2.05) is 6.07 Å². The molecule has 2 aromatic rings. The lowest BCUT2D eigenvalue weighted by Gasteiger charge is -2.07. The first-order chi connectivity index (χ1) is 9.69. The van der Waals surface area contributed by atoms with Gasteiger partial charge in [0.15, 0.2) is 6.61 Å². The smallest absolute Gasteiger partial charge is 0.349 e. The van der Waals surface area contributed by atoms with Crippen molar-refractivity contribution < 1.29 is 14.3 Å². The zero-order chi connectivity index (χ0) is 14.4. The first kappa shape index (κ1) is 13.9. The van der Waals surface area contributed by atoms with Gasteiger partial charge in [-0.25, -0.2) is 4.79 Å². The molecule has 0 N–H and O–H groups in total. The van der Waals surface area contributed by atoms with Crippen LogP contribution in [0.15, 0.2) is 48.5 Å². The Morgan fingerprint density at radius 1 is 1.15 bits per heavy atom. The number of hydrogen-bond acceptors (Lipinski definition) is 4. The van der Waals surface area contributed by atoms with Gasteiger partial charge in [-0.1, -0.05) is 23.7 Å². The quantitative estimate of drug-likeness (QED) is 0.640. The number of nitrogens with zero attached hydrogens (tertiary/aromatic N) is 1. The van der Waals surface area contributed by atoms with E-state index in [4.69, 9.17) is 26.3 Å². The number of benzene rings is 2. The summed E-state index contributed by atoms with van der Waals surface area (Å²) < 4.78 is 10.3. The third-order valence-electron chi connectivity index (χ3n) is 2.40. The molecule has 0 heterocycles. The Kier molecular flexibility index (Phi) is 4.59. The van der Waals surface area contributed by atoms with Gasteiger partial charge >= 0.3 is 5.97 Å². The van der Waals surface area contributed by atoms with Crippen LogP contribution in [0.3, 0.4) is 0 Å². The fourth-order valence-electron chi connectivity index (χ4n) is 1.46. The highest BCUT2D eigenvalue weighted by Gasteiger charge is 2.07. The summed E-state index contributed by atoms with van der Waals surface area (Å²) in [5.41, 5.74) is 0.497. The lowest BCUT2D eigenvalue weighted by molar-refractivity contribution is -0.136. The second-order valence-corrected chi connectivity index (χ2v) is 4.24. The minimum Gasteiger partial charge on any atom is -0.480 e. The van der Waals surface area contributed by atoms with Gasteiger partial charge in [0.05, 0.1) is 16.7 Å². The summed E-state index contributed by atoms with van der Waals surface area (Å²) in [6.07, 6.45) is 0. The zero-order valence-corrected chi connectivity index (χ0v) is 11.1. The van der Waals surface area contributed by atoms with Gasteiger partial charge in [-0.05, 0) is 36.4 Å². The van der Waals surface area contributed by atoms with Crippen molar-refractivity contribution in [3.63, 3.8) is 0 Å². The molecule has 0 unspecified atom stereocenters. The number of hydrogen-bond donors (Lipinski definition) is 0. The number of carbonyl (C=O) groups is 1. The third-order valence-corrected chi connectivity index (χ3v) is 2.71. The molecule has 0 aliphatic heterocycles. The molecule has 0 fully saturated rings. The number of nitriles is 1. The van der Waals surface area contributed by atoms with Crippen molar-refractivity contribution in [3.05, 3.63) is 59.1 Å². The van der Waals surface area contributed by atoms with E-state index in [0.29, 0.717) is 22.1 Å². The largest absolute Gasteiger partial charge is 0.480 e. The van der Waals surface area contributed by atoms with Crippen LogP contribution in [0.2, 0.25) is 5.02 Å². The molecule has 20 heavy (non-hydrogen) atoms. The Morgan fingerprint density at radius 3 is 2.50 bits per heavy atom. The average molecular weight is 288 g/mol. The van der Waals surface area contributed by atoms with Crippen LogP contribution in [0.1, 0.15) is 5.56 Å². The summed E-state index contributed by atoms with van der Waals surface area (Å²) in [5.74, 6) is 0.234. The van der Waals surface area contributed by atoms with Crippen molar-refractivity contribution >= 4 is 17.6 Å². The molecule has 2 aromatic carbocycles.